The van der Waals surface area contributed by atoms with Gasteiger partial charge in [0.25, 0.3) is 0 Å². The minimum absolute atomic E-state index is 0. The van der Waals surface area contributed by atoms with Gasteiger partial charge in [-0.15, -0.1) is 0 Å². The predicted octanol–water partition coefficient (Wildman–Crippen LogP) is -1.05. The normalized spacial score (nSPS) is 10.5. The smallest absolute Gasteiger partial charge is 0.187 e. The van der Waals surface area contributed by atoms with Gasteiger partial charge in [0.05, 0.1) is 14.1 Å². The fraction of sp³-hybridized carbons (Fsp3) is 0.308. The molecule has 0 fully saturated rings. The van der Waals surface area contributed by atoms with Crippen LogP contribution in [0.4, 0.5) is 0 Å². The summed E-state index contributed by atoms with van der Waals surface area (Å²) in [5, 5.41) is 0. The molecule has 0 N–H and O–H groups in total. The minimum Gasteiger partial charge on any atom is -1.00 e. The van der Waals surface area contributed by atoms with Gasteiger partial charge in [0.1, 0.15) is 6.54 Å². The van der Waals surface area contributed by atoms with Crippen LogP contribution in [-0.2, 0) is 16.2 Å². The number of carbonyl (C=O) groups is 1. The molecule has 1 aromatic rings. The van der Waals surface area contributed by atoms with Crippen molar-refractivity contribution in [3.63, 3.8) is 0 Å². The first-order chi connectivity index (χ1) is 7.53. The zero-order valence-electron chi connectivity index (χ0n) is 10.2. The van der Waals surface area contributed by atoms with E-state index in [1.165, 1.54) is 11.6 Å². The van der Waals surface area contributed by atoms with Gasteiger partial charge in [-0.05, 0) is 6.08 Å². The number of hydrogen-bond acceptors (Lipinski definition) is 2. The highest BCUT2D eigenvalue weighted by Gasteiger charge is 2.18. The topological polar surface area (TPSA) is 26.3 Å². The van der Waals surface area contributed by atoms with Crippen molar-refractivity contribution in [1.82, 2.24) is 0 Å². The van der Waals surface area contributed by atoms with Crippen LogP contribution in [0.15, 0.2) is 43.0 Å². The highest BCUT2D eigenvalue weighted by Crippen LogP contribution is 2.09. The monoisotopic (exact) mass is 255 g/mol. The SMILES string of the molecule is C=CC(=O)CO[N+](C)(C)Cc1ccccc1.[Cl-]. The zero-order valence-corrected chi connectivity index (χ0v) is 11.0. The third kappa shape index (κ3) is 6.22. The maximum absolute atomic E-state index is 11.1. The van der Waals surface area contributed by atoms with Gasteiger partial charge in [-0.25, -0.2) is 0 Å². The van der Waals surface area contributed by atoms with E-state index < -0.39 is 0 Å². The van der Waals surface area contributed by atoms with Gasteiger partial charge in [0, 0.05) is 5.56 Å². The third-order valence-corrected chi connectivity index (χ3v) is 2.19. The molecule has 0 saturated heterocycles. The molecule has 0 heterocycles. The van der Waals surface area contributed by atoms with Crippen molar-refractivity contribution >= 4 is 5.78 Å². The molecule has 1 aromatic carbocycles. The molecule has 0 saturated carbocycles. The number of hydrogen-bond donors (Lipinski definition) is 0. The molecule has 4 heteroatoms. The lowest BCUT2D eigenvalue weighted by molar-refractivity contribution is -1.09. The summed E-state index contributed by atoms with van der Waals surface area (Å²) in [6, 6.07) is 10.0. The first-order valence-corrected chi connectivity index (χ1v) is 5.20. The summed E-state index contributed by atoms with van der Waals surface area (Å²) < 4.78 is 0.323. The highest BCUT2D eigenvalue weighted by molar-refractivity contribution is 5.90. The summed E-state index contributed by atoms with van der Waals surface area (Å²) in [5.74, 6) is -0.0979. The Morgan fingerprint density at radius 3 is 2.47 bits per heavy atom. The standard InChI is InChI=1S/C13H18NO2.ClH/c1-4-13(15)11-16-14(2,3)10-12-8-6-5-7-9-12;/h4-9H,1,10-11H2,2-3H3;1H/q+1;/p-1. The number of ketones is 1. The van der Waals surface area contributed by atoms with Gasteiger partial charge in [-0.2, -0.15) is 9.48 Å². The van der Waals surface area contributed by atoms with Crippen molar-refractivity contribution in [3.8, 4) is 0 Å². The molecular weight excluding hydrogens is 238 g/mol. The number of halogens is 1. The van der Waals surface area contributed by atoms with E-state index in [2.05, 4.69) is 6.58 Å². The van der Waals surface area contributed by atoms with Gasteiger partial charge in [0.2, 0.25) is 0 Å². The molecule has 3 nitrogen and oxygen atoms in total. The van der Waals surface area contributed by atoms with Gasteiger partial charge in [-0.3, -0.25) is 4.79 Å². The molecule has 0 aliphatic heterocycles. The molecule has 0 radical (unpaired) electrons. The number of nitrogens with zero attached hydrogens (tertiary/aromatic N) is 1. The lowest BCUT2D eigenvalue weighted by Gasteiger charge is -2.26. The molecule has 0 bridgehead atoms. The van der Waals surface area contributed by atoms with Crippen LogP contribution < -0.4 is 12.4 Å². The second kappa shape index (κ2) is 7.22. The summed E-state index contributed by atoms with van der Waals surface area (Å²) in [6.07, 6.45) is 1.28. The maximum atomic E-state index is 11.1. The Labute approximate surface area is 109 Å². The number of rotatable bonds is 6. The van der Waals surface area contributed by atoms with Crippen LogP contribution in [0.3, 0.4) is 0 Å². The Balaban J connectivity index is 0.00000256. The molecule has 0 aliphatic carbocycles. The van der Waals surface area contributed by atoms with Gasteiger partial charge in [-0.1, -0.05) is 36.9 Å². The van der Waals surface area contributed by atoms with E-state index in [4.69, 9.17) is 4.84 Å². The number of benzene rings is 1. The average Bonchev–Trinajstić information content (AvgIpc) is 2.27. The van der Waals surface area contributed by atoms with Crippen LogP contribution in [0, 0.1) is 0 Å². The van der Waals surface area contributed by atoms with Crippen LogP contribution in [-0.4, -0.2) is 31.1 Å². The maximum Gasteiger partial charge on any atom is 0.187 e. The Hall–Kier alpha value is -1.16. The minimum atomic E-state index is -0.0979. The lowest BCUT2D eigenvalue weighted by Crippen LogP contribution is -3.00. The molecule has 17 heavy (non-hydrogen) atoms. The van der Waals surface area contributed by atoms with Crippen molar-refractivity contribution in [2.24, 2.45) is 0 Å². The quantitative estimate of drug-likeness (QED) is 0.369. The van der Waals surface area contributed by atoms with E-state index in [9.17, 15) is 4.79 Å². The molecular formula is C13H18ClNO2. The van der Waals surface area contributed by atoms with Crippen LogP contribution >= 0.6 is 0 Å². The summed E-state index contributed by atoms with van der Waals surface area (Å²) in [4.78, 5) is 16.6. The van der Waals surface area contributed by atoms with E-state index in [0.29, 0.717) is 4.65 Å². The Morgan fingerprint density at radius 2 is 1.94 bits per heavy atom. The van der Waals surface area contributed by atoms with Gasteiger partial charge >= 0.3 is 0 Å². The molecule has 0 unspecified atom stereocenters. The summed E-state index contributed by atoms with van der Waals surface area (Å²) in [6.45, 7) is 4.21. The molecule has 0 spiro atoms. The number of quaternary nitrogens is 1. The van der Waals surface area contributed by atoms with Crippen LogP contribution in [0.1, 0.15) is 5.56 Å². The first-order valence-electron chi connectivity index (χ1n) is 5.20. The third-order valence-electron chi connectivity index (χ3n) is 2.19. The van der Waals surface area contributed by atoms with Crippen molar-refractivity contribution in [1.29, 1.82) is 0 Å². The van der Waals surface area contributed by atoms with Crippen LogP contribution in [0.25, 0.3) is 0 Å². The van der Waals surface area contributed by atoms with Crippen molar-refractivity contribution < 1.29 is 26.7 Å². The van der Waals surface area contributed by atoms with Crippen molar-refractivity contribution in [3.05, 3.63) is 48.6 Å². The van der Waals surface area contributed by atoms with Gasteiger partial charge < -0.3 is 12.4 Å². The van der Waals surface area contributed by atoms with Crippen molar-refractivity contribution in [2.45, 2.75) is 6.54 Å². The number of hydroxylamine groups is 3. The predicted molar refractivity (Wildman–Crippen MR) is 63.4 cm³/mol. The molecule has 94 valence electrons. The van der Waals surface area contributed by atoms with E-state index in [1.54, 1.807) is 0 Å². The van der Waals surface area contributed by atoms with E-state index in [0.717, 1.165) is 6.54 Å². The Kier molecular flexibility index (Phi) is 6.73. The molecule has 0 atom stereocenters. The summed E-state index contributed by atoms with van der Waals surface area (Å²) >= 11 is 0. The van der Waals surface area contributed by atoms with E-state index in [1.807, 2.05) is 44.4 Å². The average molecular weight is 256 g/mol. The van der Waals surface area contributed by atoms with Gasteiger partial charge in [0.15, 0.2) is 12.4 Å². The highest BCUT2D eigenvalue weighted by atomic mass is 35.5. The molecule has 0 aliphatic rings. The second-order valence-corrected chi connectivity index (χ2v) is 4.16. The lowest BCUT2D eigenvalue weighted by atomic mass is 10.2. The largest absolute Gasteiger partial charge is 1.00 e. The van der Waals surface area contributed by atoms with E-state index >= 15 is 0 Å². The van der Waals surface area contributed by atoms with Crippen molar-refractivity contribution in [2.75, 3.05) is 20.7 Å². The fourth-order valence-electron chi connectivity index (χ4n) is 1.37. The first kappa shape index (κ1) is 15.8. The summed E-state index contributed by atoms with van der Waals surface area (Å²) in [7, 11) is 3.84. The Bertz CT molecular complexity index is 363. The molecule has 1 rings (SSSR count). The summed E-state index contributed by atoms with van der Waals surface area (Å²) in [5.41, 5.74) is 1.18. The zero-order chi connectivity index (χ0) is 12.0. The van der Waals surface area contributed by atoms with Crippen LogP contribution in [0.2, 0.25) is 0 Å². The van der Waals surface area contributed by atoms with E-state index in [-0.39, 0.29) is 24.8 Å². The molecule has 0 aromatic heterocycles. The Morgan fingerprint density at radius 1 is 1.35 bits per heavy atom. The second-order valence-electron chi connectivity index (χ2n) is 4.16. The molecule has 0 amide bonds. The fourth-order valence-corrected chi connectivity index (χ4v) is 1.37. The number of carbonyl (C=O) groups excluding carboxylic acids is 1. The van der Waals surface area contributed by atoms with Crippen LogP contribution in [0.5, 0.6) is 0 Å².